The summed E-state index contributed by atoms with van der Waals surface area (Å²) in [6, 6.07) is 8.50. The van der Waals surface area contributed by atoms with Crippen LogP contribution in [-0.4, -0.2) is 45.7 Å². The van der Waals surface area contributed by atoms with Gasteiger partial charge in [-0.2, -0.15) is 0 Å². The lowest BCUT2D eigenvalue weighted by atomic mass is 10.0. The molecule has 0 bridgehead atoms. The maximum atomic E-state index is 13.2. The van der Waals surface area contributed by atoms with Crippen molar-refractivity contribution >= 4 is 28.8 Å². The predicted octanol–water partition coefficient (Wildman–Crippen LogP) is 5.13. The number of nitrogens with zero attached hydrogens (tertiary/aromatic N) is 3. The minimum atomic E-state index is -0.0117. The van der Waals surface area contributed by atoms with E-state index in [1.807, 2.05) is 36.6 Å². The van der Waals surface area contributed by atoms with E-state index in [1.54, 1.807) is 0 Å². The van der Waals surface area contributed by atoms with E-state index in [0.717, 1.165) is 47.8 Å². The summed E-state index contributed by atoms with van der Waals surface area (Å²) in [6.07, 6.45) is 1.97. The van der Waals surface area contributed by atoms with Crippen molar-refractivity contribution in [3.05, 3.63) is 51.2 Å². The fourth-order valence-corrected chi connectivity index (χ4v) is 5.27. The van der Waals surface area contributed by atoms with Crippen LogP contribution in [0.2, 0.25) is 4.34 Å². The average Bonchev–Trinajstić information content (AvgIpc) is 3.42. The van der Waals surface area contributed by atoms with E-state index in [4.69, 9.17) is 16.1 Å². The highest BCUT2D eigenvalue weighted by Crippen LogP contribution is 2.31. The van der Waals surface area contributed by atoms with E-state index < -0.39 is 0 Å². The quantitative estimate of drug-likeness (QED) is 0.554. The summed E-state index contributed by atoms with van der Waals surface area (Å²) in [7, 11) is 0. The number of thiophene rings is 1. The van der Waals surface area contributed by atoms with Crippen molar-refractivity contribution in [3.63, 3.8) is 0 Å². The number of halogens is 1. The summed E-state index contributed by atoms with van der Waals surface area (Å²) in [4.78, 5) is 16.6. The molecule has 1 saturated heterocycles. The molecule has 0 unspecified atom stereocenters. The molecule has 4 heterocycles. The molecule has 0 atom stereocenters. The second kappa shape index (κ2) is 9.18. The van der Waals surface area contributed by atoms with Crippen molar-refractivity contribution in [2.24, 2.45) is 0 Å². The topological polar surface area (TPSA) is 63.3 Å². The lowest BCUT2D eigenvalue weighted by Crippen LogP contribution is -2.47. The largest absolute Gasteiger partial charge is 0.355 e. The summed E-state index contributed by atoms with van der Waals surface area (Å²) in [5.74, 6) is 0.679. The van der Waals surface area contributed by atoms with Crippen LogP contribution in [0.25, 0.3) is 10.6 Å². The normalized spacial score (nSPS) is 15.7. The molecule has 166 valence electrons. The standard InChI is InChI=1S/C23H29ClN4O2S/c1-14(2)27-9-7-17(8-10-27)25-23(29)22-15(3)11-16(4)28(22)13-18-12-19(30-26-18)20-5-6-21(24)31-20/h5-6,11-12,14,17H,7-10,13H2,1-4H3,(H,25,29). The number of amides is 1. The van der Waals surface area contributed by atoms with Gasteiger partial charge in [0.05, 0.1) is 15.8 Å². The van der Waals surface area contributed by atoms with Crippen LogP contribution in [0.4, 0.5) is 0 Å². The van der Waals surface area contributed by atoms with Gasteiger partial charge in [0.2, 0.25) is 0 Å². The maximum absolute atomic E-state index is 13.2. The molecular formula is C23H29ClN4O2S. The molecular weight excluding hydrogens is 432 g/mol. The highest BCUT2D eigenvalue weighted by molar-refractivity contribution is 7.19. The van der Waals surface area contributed by atoms with Gasteiger partial charge in [-0.3, -0.25) is 4.79 Å². The second-order valence-corrected chi connectivity index (χ2v) is 10.3. The van der Waals surface area contributed by atoms with Gasteiger partial charge >= 0.3 is 0 Å². The Kier molecular flexibility index (Phi) is 6.55. The molecule has 0 aliphatic carbocycles. The molecule has 31 heavy (non-hydrogen) atoms. The Balaban J connectivity index is 1.48. The first-order valence-electron chi connectivity index (χ1n) is 10.7. The van der Waals surface area contributed by atoms with Crippen LogP contribution >= 0.6 is 22.9 Å². The Morgan fingerprint density at radius 2 is 2.03 bits per heavy atom. The Labute approximate surface area is 192 Å². The number of likely N-dealkylation sites (tertiary alicyclic amines) is 1. The summed E-state index contributed by atoms with van der Waals surface area (Å²) < 4.78 is 8.25. The molecule has 0 spiro atoms. The number of hydrogen-bond acceptors (Lipinski definition) is 5. The average molecular weight is 461 g/mol. The molecule has 4 rings (SSSR count). The fourth-order valence-electron chi connectivity index (χ4n) is 4.28. The number of nitrogens with one attached hydrogen (secondary N) is 1. The highest BCUT2D eigenvalue weighted by atomic mass is 35.5. The van der Waals surface area contributed by atoms with Crippen LogP contribution in [-0.2, 0) is 6.54 Å². The number of aryl methyl sites for hydroxylation is 2. The van der Waals surface area contributed by atoms with Crippen molar-refractivity contribution in [1.82, 2.24) is 19.9 Å². The summed E-state index contributed by atoms with van der Waals surface area (Å²) in [5.41, 5.74) is 3.48. The molecule has 1 fully saturated rings. The molecule has 1 aliphatic heterocycles. The van der Waals surface area contributed by atoms with E-state index in [9.17, 15) is 4.79 Å². The molecule has 8 heteroatoms. The van der Waals surface area contributed by atoms with Crippen molar-refractivity contribution in [2.45, 2.75) is 59.2 Å². The molecule has 0 saturated carbocycles. The zero-order valence-electron chi connectivity index (χ0n) is 18.4. The van der Waals surface area contributed by atoms with Gasteiger partial charge in [-0.15, -0.1) is 11.3 Å². The zero-order chi connectivity index (χ0) is 22.1. The van der Waals surface area contributed by atoms with E-state index >= 15 is 0 Å². The number of piperidine rings is 1. The number of carbonyl (C=O) groups is 1. The van der Waals surface area contributed by atoms with Gasteiger partial charge in [0.15, 0.2) is 5.76 Å². The SMILES string of the molecule is Cc1cc(C)n(Cc2cc(-c3ccc(Cl)s3)on2)c1C(=O)NC1CCN(C(C)C)CC1. The predicted molar refractivity (Wildman–Crippen MR) is 125 cm³/mol. The molecule has 1 N–H and O–H groups in total. The molecule has 6 nitrogen and oxygen atoms in total. The van der Waals surface area contributed by atoms with Crippen LogP contribution < -0.4 is 5.32 Å². The minimum Gasteiger partial charge on any atom is -0.355 e. The number of carbonyl (C=O) groups excluding carboxylic acids is 1. The van der Waals surface area contributed by atoms with Gasteiger partial charge in [0, 0.05) is 36.9 Å². The first-order chi connectivity index (χ1) is 14.8. The van der Waals surface area contributed by atoms with Crippen molar-refractivity contribution in [2.75, 3.05) is 13.1 Å². The molecule has 3 aromatic rings. The smallest absolute Gasteiger partial charge is 0.268 e. The number of aromatic nitrogens is 2. The third-order valence-electron chi connectivity index (χ3n) is 6.00. The van der Waals surface area contributed by atoms with Gasteiger partial charge in [0.25, 0.3) is 5.91 Å². The Hall–Kier alpha value is -2.09. The monoisotopic (exact) mass is 460 g/mol. The Morgan fingerprint density at radius 3 is 2.68 bits per heavy atom. The van der Waals surface area contributed by atoms with Crippen LogP contribution in [0.1, 0.15) is 54.1 Å². The summed E-state index contributed by atoms with van der Waals surface area (Å²) >= 11 is 7.49. The van der Waals surface area contributed by atoms with Crippen LogP contribution in [0, 0.1) is 13.8 Å². The number of rotatable bonds is 6. The van der Waals surface area contributed by atoms with Gasteiger partial charge in [-0.1, -0.05) is 16.8 Å². The zero-order valence-corrected chi connectivity index (χ0v) is 20.0. The van der Waals surface area contributed by atoms with Crippen LogP contribution in [0.3, 0.4) is 0 Å². The van der Waals surface area contributed by atoms with Crippen LogP contribution in [0.5, 0.6) is 0 Å². The maximum Gasteiger partial charge on any atom is 0.268 e. The molecule has 1 amide bonds. The van der Waals surface area contributed by atoms with Gasteiger partial charge in [0.1, 0.15) is 11.4 Å². The number of hydrogen-bond donors (Lipinski definition) is 1. The summed E-state index contributed by atoms with van der Waals surface area (Å²) in [5, 5.41) is 7.48. The lowest BCUT2D eigenvalue weighted by Gasteiger charge is -2.34. The minimum absolute atomic E-state index is 0.0117. The van der Waals surface area contributed by atoms with Crippen molar-refractivity contribution in [1.29, 1.82) is 0 Å². The summed E-state index contributed by atoms with van der Waals surface area (Å²) in [6.45, 7) is 11.0. The molecule has 1 aliphatic rings. The molecule has 3 aromatic heterocycles. The van der Waals surface area contributed by atoms with Gasteiger partial charge in [-0.25, -0.2) is 0 Å². The highest BCUT2D eigenvalue weighted by Gasteiger charge is 2.25. The molecule has 0 aromatic carbocycles. The lowest BCUT2D eigenvalue weighted by molar-refractivity contribution is 0.0891. The van der Waals surface area contributed by atoms with E-state index in [1.165, 1.54) is 11.3 Å². The first-order valence-corrected chi connectivity index (χ1v) is 11.9. The third kappa shape index (κ3) is 4.89. The first kappa shape index (κ1) is 22.1. The second-order valence-electron chi connectivity index (χ2n) is 8.57. The van der Waals surface area contributed by atoms with Crippen LogP contribution in [0.15, 0.2) is 28.8 Å². The van der Waals surface area contributed by atoms with Gasteiger partial charge in [-0.05, 0) is 64.3 Å². The van der Waals surface area contributed by atoms with E-state index in [0.29, 0.717) is 28.4 Å². The van der Waals surface area contributed by atoms with Crippen molar-refractivity contribution < 1.29 is 9.32 Å². The molecule has 0 radical (unpaired) electrons. The fraction of sp³-hybridized carbons (Fsp3) is 0.478. The Bertz CT molecular complexity index is 1060. The van der Waals surface area contributed by atoms with E-state index in [2.05, 4.69) is 35.3 Å². The van der Waals surface area contributed by atoms with Gasteiger partial charge < -0.3 is 19.3 Å². The van der Waals surface area contributed by atoms with E-state index in [-0.39, 0.29) is 11.9 Å². The third-order valence-corrected chi connectivity index (χ3v) is 7.25. The Morgan fingerprint density at radius 1 is 1.29 bits per heavy atom. The van der Waals surface area contributed by atoms with Crippen molar-refractivity contribution in [3.8, 4) is 10.6 Å².